The molecule has 0 saturated carbocycles. The highest BCUT2D eigenvalue weighted by atomic mass is 32.2. The number of halogens is 4. The summed E-state index contributed by atoms with van der Waals surface area (Å²) in [5.41, 5.74) is 0.915. The average molecular weight is 685 g/mol. The van der Waals surface area contributed by atoms with Crippen LogP contribution in [0.15, 0.2) is 35.2 Å². The molecule has 1 aliphatic heterocycles. The molecule has 1 fully saturated rings. The molecule has 2 aromatic carbocycles. The topological polar surface area (TPSA) is 109 Å². The second-order valence-corrected chi connectivity index (χ2v) is 13.3. The molecule has 9 nitrogen and oxygen atoms in total. The van der Waals surface area contributed by atoms with Gasteiger partial charge in [0.15, 0.2) is 0 Å². The molecule has 3 N–H and O–H groups in total. The van der Waals surface area contributed by atoms with E-state index >= 15 is 0 Å². The van der Waals surface area contributed by atoms with E-state index in [0.717, 1.165) is 57.2 Å². The molecule has 0 unspecified atom stereocenters. The number of rotatable bonds is 12. The van der Waals surface area contributed by atoms with Crippen molar-refractivity contribution in [3.8, 4) is 17.6 Å². The molecule has 1 saturated heterocycles. The Hall–Kier alpha value is -3.58. The molecule has 0 spiro atoms. The fraction of sp³-hybridized carbons (Fsp3) is 0.452. The maximum absolute atomic E-state index is 14.9. The predicted molar refractivity (Wildman–Crippen MR) is 170 cm³/mol. The van der Waals surface area contributed by atoms with E-state index in [9.17, 15) is 30.8 Å². The number of ether oxygens (including phenoxy) is 2. The summed E-state index contributed by atoms with van der Waals surface area (Å²) in [5.74, 6) is 3.57. The summed E-state index contributed by atoms with van der Waals surface area (Å²) >= 11 is 1.19. The van der Waals surface area contributed by atoms with Gasteiger partial charge in [-0.1, -0.05) is 30.9 Å². The zero-order valence-corrected chi connectivity index (χ0v) is 27.3. The summed E-state index contributed by atoms with van der Waals surface area (Å²) in [6.45, 7) is 6.00. The first-order valence-electron chi connectivity index (χ1n) is 14.6. The lowest BCUT2D eigenvalue weighted by Crippen LogP contribution is -2.38. The van der Waals surface area contributed by atoms with Crippen molar-refractivity contribution in [2.45, 2.75) is 50.2 Å². The van der Waals surface area contributed by atoms with Crippen LogP contribution in [0.25, 0.3) is 10.1 Å². The van der Waals surface area contributed by atoms with E-state index in [1.54, 1.807) is 16.9 Å². The summed E-state index contributed by atoms with van der Waals surface area (Å²) in [4.78, 5) is 13.2. The number of anilines is 2. The highest BCUT2D eigenvalue weighted by Gasteiger charge is 2.31. The number of thiophene rings is 1. The van der Waals surface area contributed by atoms with Crippen LogP contribution in [0.2, 0.25) is 0 Å². The van der Waals surface area contributed by atoms with Gasteiger partial charge < -0.3 is 25.0 Å². The normalized spacial score (nSPS) is 14.5. The van der Waals surface area contributed by atoms with Gasteiger partial charge in [0.2, 0.25) is 5.91 Å². The maximum Gasteiger partial charge on any atom is 0.393 e. The third kappa shape index (κ3) is 9.25. The Kier molecular flexibility index (Phi) is 11.8. The van der Waals surface area contributed by atoms with E-state index in [2.05, 4.69) is 34.3 Å². The number of sulfonamides is 1. The minimum Gasteiger partial charge on any atom is -0.489 e. The van der Waals surface area contributed by atoms with Crippen LogP contribution in [0.3, 0.4) is 0 Å². The Morgan fingerprint density at radius 2 is 1.89 bits per heavy atom. The molecule has 15 heteroatoms. The molecule has 46 heavy (non-hydrogen) atoms. The van der Waals surface area contributed by atoms with Crippen LogP contribution in [0, 0.1) is 17.7 Å². The number of alkyl halides is 3. The average Bonchev–Trinajstić information content (AvgIpc) is 3.32. The quantitative estimate of drug-likeness (QED) is 0.133. The maximum atomic E-state index is 14.9. The van der Waals surface area contributed by atoms with Crippen LogP contribution in [-0.4, -0.2) is 77.9 Å². The minimum absolute atomic E-state index is 0.00120. The molecule has 0 aliphatic carbocycles. The van der Waals surface area contributed by atoms with E-state index in [-0.39, 0.29) is 47.7 Å². The number of fused-ring (bicyclic) bond motifs is 1. The van der Waals surface area contributed by atoms with Gasteiger partial charge in [-0.2, -0.15) is 13.2 Å². The van der Waals surface area contributed by atoms with Crippen molar-refractivity contribution in [2.24, 2.45) is 0 Å². The van der Waals surface area contributed by atoms with Gasteiger partial charge in [0.1, 0.15) is 23.1 Å². The zero-order chi connectivity index (χ0) is 33.5. The molecule has 0 atom stereocenters. The van der Waals surface area contributed by atoms with Crippen LogP contribution >= 0.6 is 11.3 Å². The predicted octanol–water partition coefficient (Wildman–Crippen LogP) is 5.36. The SMILES string of the molecule is CCN1CCC(Nc2cccc3c(CC(F)(F)F)c(C#CCNc4cc(F)c(S(=O)(=O)NC(C)=O)cc4OCCOC)sc23)CC1. The van der Waals surface area contributed by atoms with Crippen molar-refractivity contribution in [3.05, 3.63) is 46.6 Å². The third-order valence-electron chi connectivity index (χ3n) is 7.31. The number of hydrogen-bond acceptors (Lipinski definition) is 9. The molecule has 2 heterocycles. The number of amides is 1. The first-order valence-corrected chi connectivity index (χ1v) is 16.9. The van der Waals surface area contributed by atoms with Gasteiger partial charge in [-0.15, -0.1) is 11.3 Å². The largest absolute Gasteiger partial charge is 0.489 e. The minimum atomic E-state index is -4.51. The van der Waals surface area contributed by atoms with Crippen molar-refractivity contribution in [3.63, 3.8) is 0 Å². The van der Waals surface area contributed by atoms with Gasteiger partial charge in [0.25, 0.3) is 10.0 Å². The molecule has 250 valence electrons. The van der Waals surface area contributed by atoms with Crippen molar-refractivity contribution >= 4 is 48.7 Å². The molecule has 0 bridgehead atoms. The van der Waals surface area contributed by atoms with Crippen LogP contribution in [0.4, 0.5) is 28.9 Å². The molecular weight excluding hydrogens is 648 g/mol. The van der Waals surface area contributed by atoms with Crippen LogP contribution in [0.1, 0.15) is 37.1 Å². The lowest BCUT2D eigenvalue weighted by molar-refractivity contribution is -0.127. The highest BCUT2D eigenvalue weighted by molar-refractivity contribution is 7.90. The van der Waals surface area contributed by atoms with Crippen LogP contribution in [-0.2, 0) is 26.0 Å². The number of benzene rings is 2. The van der Waals surface area contributed by atoms with Crippen molar-refractivity contribution in [1.29, 1.82) is 0 Å². The van der Waals surface area contributed by atoms with E-state index in [4.69, 9.17) is 9.47 Å². The number of hydrogen-bond donors (Lipinski definition) is 3. The van der Waals surface area contributed by atoms with E-state index in [1.807, 2.05) is 6.07 Å². The van der Waals surface area contributed by atoms with Crippen LogP contribution < -0.4 is 20.1 Å². The monoisotopic (exact) mass is 684 g/mol. The molecule has 0 radical (unpaired) electrons. The van der Waals surface area contributed by atoms with Crippen molar-refractivity contribution in [2.75, 3.05) is 57.1 Å². The third-order valence-corrected chi connectivity index (χ3v) is 9.95. The zero-order valence-electron chi connectivity index (χ0n) is 25.6. The lowest BCUT2D eigenvalue weighted by atomic mass is 10.0. The Morgan fingerprint density at radius 3 is 2.54 bits per heavy atom. The van der Waals surface area contributed by atoms with Gasteiger partial charge in [-0.3, -0.25) is 4.79 Å². The highest BCUT2D eigenvalue weighted by Crippen LogP contribution is 2.39. The standard InChI is InChI=1S/C31H36F4N4O5S2/c1-4-39-13-10-21(11-14-39)37-25-8-5-7-22-23(19-31(33,34)35)28(45-30(22)25)9-6-12-36-26-17-24(32)29(46(41,42)38-20(2)40)18-27(26)44-16-15-43-3/h5,7-8,17-18,21,36-37H,4,10-16,19H2,1-3H3,(H,38,40). The van der Waals surface area contributed by atoms with Gasteiger partial charge in [-0.05, 0) is 36.4 Å². The Bertz CT molecular complexity index is 1710. The second kappa shape index (κ2) is 15.3. The first-order chi connectivity index (χ1) is 21.8. The van der Waals surface area contributed by atoms with Crippen LogP contribution in [0.5, 0.6) is 5.75 Å². The van der Waals surface area contributed by atoms with E-state index < -0.39 is 39.2 Å². The lowest BCUT2D eigenvalue weighted by Gasteiger charge is -2.32. The fourth-order valence-corrected chi connectivity index (χ4v) is 7.35. The fourth-order valence-electron chi connectivity index (χ4n) is 5.12. The van der Waals surface area contributed by atoms with Gasteiger partial charge >= 0.3 is 6.18 Å². The van der Waals surface area contributed by atoms with Crippen molar-refractivity contribution < 1.29 is 40.2 Å². The van der Waals surface area contributed by atoms with Crippen molar-refractivity contribution in [1.82, 2.24) is 9.62 Å². The van der Waals surface area contributed by atoms with E-state index in [0.29, 0.717) is 10.1 Å². The molecular formula is C31H36F4N4O5S2. The van der Waals surface area contributed by atoms with Gasteiger partial charge in [0.05, 0.1) is 40.5 Å². The summed E-state index contributed by atoms with van der Waals surface area (Å²) in [5, 5.41) is 6.88. The number of carbonyl (C=O) groups excluding carboxylic acids is 1. The number of piperidine rings is 1. The Balaban J connectivity index is 1.61. The molecule has 1 aromatic heterocycles. The van der Waals surface area contributed by atoms with E-state index in [1.165, 1.54) is 18.4 Å². The number of nitrogens with zero attached hydrogens (tertiary/aromatic N) is 1. The van der Waals surface area contributed by atoms with Gasteiger partial charge in [0, 0.05) is 45.3 Å². The molecule has 1 amide bonds. The second-order valence-electron chi connectivity index (χ2n) is 10.7. The number of nitrogens with one attached hydrogen (secondary N) is 3. The first kappa shape index (κ1) is 35.3. The molecule has 3 aromatic rings. The number of carbonyl (C=O) groups is 1. The number of likely N-dealkylation sites (tertiary alicyclic amines) is 1. The molecule has 4 rings (SSSR count). The summed E-state index contributed by atoms with van der Waals surface area (Å²) < 4.78 is 93.8. The van der Waals surface area contributed by atoms with Gasteiger partial charge in [-0.25, -0.2) is 17.5 Å². The summed E-state index contributed by atoms with van der Waals surface area (Å²) in [7, 11) is -3.07. The Morgan fingerprint density at radius 1 is 1.15 bits per heavy atom. The Labute approximate surface area is 269 Å². The summed E-state index contributed by atoms with van der Waals surface area (Å²) in [6, 6.07) is 7.31. The smallest absolute Gasteiger partial charge is 0.393 e. The molecule has 1 aliphatic rings. The number of methoxy groups -OCH3 is 1. The summed E-state index contributed by atoms with van der Waals surface area (Å²) in [6.07, 6.45) is -3.73.